The van der Waals surface area contributed by atoms with Gasteiger partial charge in [-0.05, 0) is 54.6 Å². The summed E-state index contributed by atoms with van der Waals surface area (Å²) in [5, 5.41) is 15.7. The quantitative estimate of drug-likeness (QED) is 0.150. The minimum atomic E-state index is 0.439. The number of para-hydroxylation sites is 4. The highest BCUT2D eigenvalue weighted by molar-refractivity contribution is 6.27. The Morgan fingerprint density at radius 2 is 1.27 bits per heavy atom. The number of rotatable bonds is 5. The molecule has 7 aromatic carbocycles. The maximum atomic E-state index is 9.02. The van der Waals surface area contributed by atoms with Crippen molar-refractivity contribution in [3.05, 3.63) is 169 Å². The van der Waals surface area contributed by atoms with Crippen molar-refractivity contribution in [1.29, 1.82) is 5.41 Å². The van der Waals surface area contributed by atoms with Gasteiger partial charge in [-0.1, -0.05) is 103 Å². The Labute approximate surface area is 281 Å². The molecular formula is C44H28N4O. The van der Waals surface area contributed by atoms with E-state index in [9.17, 15) is 0 Å². The molecule has 0 saturated heterocycles. The van der Waals surface area contributed by atoms with Crippen LogP contribution >= 0.6 is 0 Å². The summed E-state index contributed by atoms with van der Waals surface area (Å²) in [7, 11) is 0. The summed E-state index contributed by atoms with van der Waals surface area (Å²) in [5.41, 5.74) is 9.94. The molecule has 5 heteroatoms. The number of hydrogen-bond acceptors (Lipinski definition) is 3. The first kappa shape index (κ1) is 27.4. The fourth-order valence-electron chi connectivity index (χ4n) is 7.43. The first-order chi connectivity index (χ1) is 24.2. The van der Waals surface area contributed by atoms with Gasteiger partial charge in [0.2, 0.25) is 0 Å². The van der Waals surface area contributed by atoms with Gasteiger partial charge in [0.15, 0.2) is 0 Å². The second-order valence-corrected chi connectivity index (χ2v) is 12.4. The average molecular weight is 629 g/mol. The Balaban J connectivity index is 1.29. The summed E-state index contributed by atoms with van der Waals surface area (Å²) in [4.78, 5) is 5.08. The molecule has 0 aliphatic carbocycles. The zero-order chi connectivity index (χ0) is 32.5. The monoisotopic (exact) mass is 628 g/mol. The van der Waals surface area contributed by atoms with Crippen LogP contribution < -0.4 is 0 Å². The van der Waals surface area contributed by atoms with Gasteiger partial charge in [0.1, 0.15) is 17.5 Å². The Hall–Kier alpha value is -6.72. The van der Waals surface area contributed by atoms with Crippen LogP contribution in [0.25, 0.3) is 71.2 Å². The van der Waals surface area contributed by atoms with Crippen LogP contribution in [0.5, 0.6) is 0 Å². The molecule has 10 aromatic rings. The van der Waals surface area contributed by atoms with Crippen LogP contribution in [-0.4, -0.2) is 21.2 Å². The van der Waals surface area contributed by atoms with Crippen molar-refractivity contribution in [2.75, 3.05) is 0 Å². The highest BCUT2D eigenvalue weighted by Crippen LogP contribution is 2.42. The highest BCUT2D eigenvalue weighted by Gasteiger charge is 2.21. The molecule has 49 heavy (non-hydrogen) atoms. The minimum absolute atomic E-state index is 0.439. The molecule has 3 heterocycles. The molecule has 0 aliphatic rings. The lowest BCUT2D eigenvalue weighted by molar-refractivity contribution is 0.673. The maximum absolute atomic E-state index is 9.02. The molecular weight excluding hydrogens is 601 g/mol. The van der Waals surface area contributed by atoms with Crippen molar-refractivity contribution in [2.24, 2.45) is 4.99 Å². The molecule has 0 unspecified atom stereocenters. The Kier molecular flexibility index (Phi) is 5.96. The third-order valence-electron chi connectivity index (χ3n) is 9.67. The topological polar surface area (TPSA) is 59.2 Å². The molecule has 10 rings (SSSR count). The van der Waals surface area contributed by atoms with E-state index in [4.69, 9.17) is 14.8 Å². The molecule has 0 spiro atoms. The molecule has 0 atom stereocenters. The first-order valence-electron chi connectivity index (χ1n) is 16.4. The normalized spacial score (nSPS) is 12.1. The van der Waals surface area contributed by atoms with E-state index in [1.807, 2.05) is 73.1 Å². The fourth-order valence-corrected chi connectivity index (χ4v) is 7.43. The summed E-state index contributed by atoms with van der Waals surface area (Å²) >= 11 is 0. The molecule has 3 aromatic heterocycles. The van der Waals surface area contributed by atoms with Crippen molar-refractivity contribution in [3.63, 3.8) is 0 Å². The summed E-state index contributed by atoms with van der Waals surface area (Å²) in [6, 6.07) is 54.0. The fraction of sp³-hybridized carbons (Fsp3) is 0. The number of aromatic nitrogens is 2. The smallest absolute Gasteiger partial charge is 0.145 e. The predicted octanol–water partition coefficient (Wildman–Crippen LogP) is 11.4. The zero-order valence-corrected chi connectivity index (χ0v) is 26.3. The summed E-state index contributed by atoms with van der Waals surface area (Å²) in [6.07, 6.45) is 1.90. The number of nitrogens with zero attached hydrogens (tertiary/aromatic N) is 3. The minimum Gasteiger partial charge on any atom is -0.455 e. The van der Waals surface area contributed by atoms with Gasteiger partial charge in [-0.25, -0.2) is 4.99 Å². The third kappa shape index (κ3) is 4.12. The van der Waals surface area contributed by atoms with Crippen molar-refractivity contribution in [2.45, 2.75) is 0 Å². The van der Waals surface area contributed by atoms with E-state index >= 15 is 0 Å². The molecule has 0 aliphatic heterocycles. The van der Waals surface area contributed by atoms with Gasteiger partial charge in [-0.3, -0.25) is 9.98 Å². The lowest BCUT2D eigenvalue weighted by Crippen LogP contribution is -2.02. The summed E-state index contributed by atoms with van der Waals surface area (Å²) in [5.74, 6) is 0. The van der Waals surface area contributed by atoms with Crippen LogP contribution in [0.15, 0.2) is 167 Å². The number of benzene rings is 7. The van der Waals surface area contributed by atoms with E-state index in [0.717, 1.165) is 77.3 Å². The molecule has 5 nitrogen and oxygen atoms in total. The number of nitrogens with one attached hydrogen (secondary N) is 1. The molecule has 0 fully saturated rings. The van der Waals surface area contributed by atoms with Gasteiger partial charge in [-0.15, -0.1) is 0 Å². The van der Waals surface area contributed by atoms with Crippen LogP contribution in [0.3, 0.4) is 0 Å². The summed E-state index contributed by atoms with van der Waals surface area (Å²) < 4.78 is 11.1. The largest absolute Gasteiger partial charge is 0.455 e. The van der Waals surface area contributed by atoms with Gasteiger partial charge >= 0.3 is 0 Å². The van der Waals surface area contributed by atoms with Gasteiger partial charge < -0.3 is 8.98 Å². The molecule has 230 valence electrons. The Bertz CT molecular complexity index is 2940. The lowest BCUT2D eigenvalue weighted by atomic mass is 10.0. The molecule has 0 bridgehead atoms. The van der Waals surface area contributed by atoms with Crippen LogP contribution in [0.2, 0.25) is 0 Å². The van der Waals surface area contributed by atoms with Gasteiger partial charge in [0.05, 0.1) is 38.9 Å². The van der Waals surface area contributed by atoms with E-state index < -0.39 is 0 Å². The van der Waals surface area contributed by atoms with E-state index in [2.05, 4.69) is 100 Å². The van der Waals surface area contributed by atoms with Crippen LogP contribution in [0, 0.1) is 5.41 Å². The summed E-state index contributed by atoms with van der Waals surface area (Å²) in [6.45, 7) is 0. The van der Waals surface area contributed by atoms with Crippen molar-refractivity contribution in [3.8, 4) is 5.69 Å². The Morgan fingerprint density at radius 3 is 2.12 bits per heavy atom. The number of hydrogen-bond donors (Lipinski definition) is 1. The van der Waals surface area contributed by atoms with E-state index in [-0.39, 0.29) is 0 Å². The first-order valence-corrected chi connectivity index (χ1v) is 16.4. The number of aliphatic imine (C=N–C) groups is 1. The van der Waals surface area contributed by atoms with Gasteiger partial charge in [0.25, 0.3) is 0 Å². The Morgan fingerprint density at radius 1 is 0.551 bits per heavy atom. The van der Waals surface area contributed by atoms with Gasteiger partial charge in [0, 0.05) is 43.7 Å². The van der Waals surface area contributed by atoms with Crippen LogP contribution in [-0.2, 0) is 0 Å². The standard InChI is InChI=1S/C44H28N4O/c45-43(28-13-3-1-4-14-28)33-19-7-10-20-36(33)46-27-47-38-24-23-32-31-18-9-12-22-41(31)49-44(32)42(38)35-25-34-30-17-8-11-21-37(30)48(40(34)26-39(35)47)29-15-5-2-6-16-29/h1-27,45H. The van der Waals surface area contributed by atoms with Crippen LogP contribution in [0.4, 0.5) is 5.69 Å². The highest BCUT2D eigenvalue weighted by atomic mass is 16.3. The van der Waals surface area contributed by atoms with Gasteiger partial charge in [-0.2, -0.15) is 0 Å². The van der Waals surface area contributed by atoms with E-state index in [0.29, 0.717) is 5.71 Å². The van der Waals surface area contributed by atoms with Crippen LogP contribution in [0.1, 0.15) is 11.1 Å². The van der Waals surface area contributed by atoms with Crippen molar-refractivity contribution < 1.29 is 4.42 Å². The maximum Gasteiger partial charge on any atom is 0.145 e. The number of furan rings is 1. The number of fused-ring (bicyclic) bond motifs is 10. The van der Waals surface area contributed by atoms with Crippen molar-refractivity contribution in [1.82, 2.24) is 9.13 Å². The molecule has 0 amide bonds. The second-order valence-electron chi connectivity index (χ2n) is 12.4. The SMILES string of the molecule is N=C(c1ccccc1)c1ccccc1N=Cn1c2cc3c(cc2c2c4oc5ccccc5c4ccc21)c1ccccc1n3-c1ccccc1. The molecule has 1 N–H and O–H groups in total. The molecule has 0 saturated carbocycles. The van der Waals surface area contributed by atoms with E-state index in [1.165, 1.54) is 10.8 Å². The zero-order valence-electron chi connectivity index (χ0n) is 26.3. The second kappa shape index (κ2) is 10.7. The lowest BCUT2D eigenvalue weighted by Gasteiger charge is -2.09. The average Bonchev–Trinajstić information content (AvgIpc) is 3.81. The predicted molar refractivity (Wildman–Crippen MR) is 203 cm³/mol. The van der Waals surface area contributed by atoms with Crippen molar-refractivity contribution >= 4 is 83.3 Å². The molecule has 0 radical (unpaired) electrons. The van der Waals surface area contributed by atoms with E-state index in [1.54, 1.807) is 0 Å². The third-order valence-corrected chi connectivity index (χ3v) is 9.67.